The molecule has 7 nitrogen and oxygen atoms in total. The average Bonchev–Trinajstić information content (AvgIpc) is 2.66. The quantitative estimate of drug-likeness (QED) is 0.495. The zero-order valence-electron chi connectivity index (χ0n) is 15.7. The molecule has 0 aliphatic carbocycles. The molecular weight excluding hydrogens is 426 g/mol. The van der Waals surface area contributed by atoms with Crippen LogP contribution in [0.4, 0.5) is 5.69 Å². The number of hydrogen-bond acceptors (Lipinski definition) is 4. The third kappa shape index (κ3) is 5.63. The predicted octanol–water partition coefficient (Wildman–Crippen LogP) is 3.45. The second kappa shape index (κ2) is 9.98. The van der Waals surface area contributed by atoms with Crippen LogP contribution in [0, 0.1) is 10.1 Å². The number of benzene rings is 2. The standard InChI is InChI=1S/C20H22BrN3O4/c1-3-22-20(26)14(2)23(13-15-7-6-9-17(21)11-15)19(25)12-16-8-4-5-10-18(16)24(27)28/h4-11,14H,3,12-13H2,1-2H3,(H,22,26)/t14-/m0/s1. The molecule has 1 N–H and O–H groups in total. The number of nitrogens with one attached hydrogen (secondary N) is 1. The van der Waals surface area contributed by atoms with Crippen LogP contribution in [0.5, 0.6) is 0 Å². The molecule has 0 saturated heterocycles. The molecule has 0 heterocycles. The summed E-state index contributed by atoms with van der Waals surface area (Å²) in [4.78, 5) is 37.6. The lowest BCUT2D eigenvalue weighted by molar-refractivity contribution is -0.385. The van der Waals surface area contributed by atoms with Gasteiger partial charge in [0.05, 0.1) is 11.3 Å². The summed E-state index contributed by atoms with van der Waals surface area (Å²) in [5.74, 6) is -0.624. The molecule has 0 radical (unpaired) electrons. The SMILES string of the molecule is CCNC(=O)[C@H](C)N(Cc1cccc(Br)c1)C(=O)Cc1ccccc1[N+](=O)[O-]. The predicted molar refractivity (Wildman–Crippen MR) is 110 cm³/mol. The number of rotatable bonds is 8. The Labute approximate surface area is 172 Å². The molecule has 2 aromatic rings. The molecule has 148 valence electrons. The van der Waals surface area contributed by atoms with Crippen molar-refractivity contribution in [3.05, 3.63) is 74.2 Å². The van der Waals surface area contributed by atoms with Crippen LogP contribution in [0.1, 0.15) is 25.0 Å². The van der Waals surface area contributed by atoms with E-state index in [2.05, 4.69) is 21.2 Å². The highest BCUT2D eigenvalue weighted by molar-refractivity contribution is 9.10. The largest absolute Gasteiger partial charge is 0.355 e. The highest BCUT2D eigenvalue weighted by Gasteiger charge is 2.27. The minimum atomic E-state index is -0.714. The third-order valence-electron chi connectivity index (χ3n) is 4.29. The Balaban J connectivity index is 2.31. The first-order valence-corrected chi connectivity index (χ1v) is 9.66. The molecule has 28 heavy (non-hydrogen) atoms. The van der Waals surface area contributed by atoms with Gasteiger partial charge in [-0.1, -0.05) is 46.3 Å². The normalized spacial score (nSPS) is 11.5. The highest BCUT2D eigenvalue weighted by Crippen LogP contribution is 2.21. The van der Waals surface area contributed by atoms with E-state index in [0.717, 1.165) is 10.0 Å². The number of para-hydroxylation sites is 1. The molecule has 0 aromatic heterocycles. The first-order chi connectivity index (χ1) is 13.3. The number of hydrogen-bond donors (Lipinski definition) is 1. The fraction of sp³-hybridized carbons (Fsp3) is 0.300. The van der Waals surface area contributed by atoms with Crippen LogP contribution in [-0.2, 0) is 22.6 Å². The van der Waals surface area contributed by atoms with Crippen LogP contribution < -0.4 is 5.32 Å². The second-order valence-electron chi connectivity index (χ2n) is 6.28. The Morgan fingerprint density at radius 2 is 1.93 bits per heavy atom. The number of halogens is 1. The number of carbonyl (C=O) groups is 2. The van der Waals surface area contributed by atoms with Gasteiger partial charge in [0.15, 0.2) is 0 Å². The van der Waals surface area contributed by atoms with Gasteiger partial charge in [0, 0.05) is 29.2 Å². The maximum Gasteiger partial charge on any atom is 0.273 e. The van der Waals surface area contributed by atoms with Gasteiger partial charge in [-0.3, -0.25) is 19.7 Å². The summed E-state index contributed by atoms with van der Waals surface area (Å²) in [6.07, 6.45) is -0.158. The van der Waals surface area contributed by atoms with E-state index in [1.807, 2.05) is 24.3 Å². The van der Waals surface area contributed by atoms with Gasteiger partial charge in [-0.25, -0.2) is 0 Å². The van der Waals surface area contributed by atoms with Gasteiger partial charge < -0.3 is 10.2 Å². The second-order valence-corrected chi connectivity index (χ2v) is 7.20. The van der Waals surface area contributed by atoms with Crippen molar-refractivity contribution in [2.24, 2.45) is 0 Å². The average molecular weight is 448 g/mol. The van der Waals surface area contributed by atoms with Crippen LogP contribution in [-0.4, -0.2) is 34.2 Å². The van der Waals surface area contributed by atoms with Gasteiger partial charge in [-0.15, -0.1) is 0 Å². The van der Waals surface area contributed by atoms with E-state index in [0.29, 0.717) is 12.1 Å². The summed E-state index contributed by atoms with van der Waals surface area (Å²) in [6.45, 7) is 4.13. The van der Waals surface area contributed by atoms with Crippen molar-refractivity contribution in [1.82, 2.24) is 10.2 Å². The lowest BCUT2D eigenvalue weighted by atomic mass is 10.1. The Hall–Kier alpha value is -2.74. The van der Waals surface area contributed by atoms with Crippen LogP contribution in [0.2, 0.25) is 0 Å². The summed E-state index contributed by atoms with van der Waals surface area (Å²) in [7, 11) is 0. The maximum atomic E-state index is 13.0. The fourth-order valence-electron chi connectivity index (χ4n) is 2.84. The molecule has 0 aliphatic rings. The molecule has 0 spiro atoms. The highest BCUT2D eigenvalue weighted by atomic mass is 79.9. The minimum Gasteiger partial charge on any atom is -0.355 e. The van der Waals surface area contributed by atoms with Gasteiger partial charge >= 0.3 is 0 Å². The number of nitro benzene ring substituents is 1. The summed E-state index contributed by atoms with van der Waals surface area (Å²) < 4.78 is 0.863. The molecule has 2 rings (SSSR count). The van der Waals surface area contributed by atoms with Crippen LogP contribution >= 0.6 is 15.9 Å². The Morgan fingerprint density at radius 3 is 2.57 bits per heavy atom. The number of amides is 2. The number of nitrogens with zero attached hydrogens (tertiary/aromatic N) is 2. The van der Waals surface area contributed by atoms with Crippen molar-refractivity contribution in [2.75, 3.05) is 6.54 Å². The molecule has 2 aromatic carbocycles. The van der Waals surface area contributed by atoms with Crippen LogP contribution in [0.15, 0.2) is 53.0 Å². The number of carbonyl (C=O) groups excluding carboxylic acids is 2. The molecule has 0 bridgehead atoms. The minimum absolute atomic E-state index is 0.107. The summed E-state index contributed by atoms with van der Waals surface area (Å²) in [6, 6.07) is 12.9. The van der Waals surface area contributed by atoms with Crippen LogP contribution in [0.25, 0.3) is 0 Å². The molecule has 0 saturated carbocycles. The molecule has 1 atom stereocenters. The lowest BCUT2D eigenvalue weighted by Crippen LogP contribution is -2.48. The third-order valence-corrected chi connectivity index (χ3v) is 4.78. The smallest absolute Gasteiger partial charge is 0.273 e. The molecule has 2 amide bonds. The Kier molecular flexibility index (Phi) is 7.69. The summed E-state index contributed by atoms with van der Waals surface area (Å²) in [5.41, 5.74) is 1.06. The summed E-state index contributed by atoms with van der Waals surface area (Å²) in [5, 5.41) is 14.0. The van der Waals surface area contributed by atoms with Crippen molar-refractivity contribution < 1.29 is 14.5 Å². The Morgan fingerprint density at radius 1 is 1.21 bits per heavy atom. The van der Waals surface area contributed by atoms with E-state index in [-0.39, 0.29) is 30.5 Å². The molecular formula is C20H22BrN3O4. The monoisotopic (exact) mass is 447 g/mol. The maximum absolute atomic E-state index is 13.0. The topological polar surface area (TPSA) is 92.6 Å². The molecule has 0 fully saturated rings. The van der Waals surface area contributed by atoms with Crippen LogP contribution in [0.3, 0.4) is 0 Å². The summed E-state index contributed by atoms with van der Waals surface area (Å²) >= 11 is 3.40. The number of likely N-dealkylation sites (N-methyl/N-ethyl adjacent to an activating group) is 1. The van der Waals surface area contributed by atoms with Crippen molar-refractivity contribution in [1.29, 1.82) is 0 Å². The fourth-order valence-corrected chi connectivity index (χ4v) is 3.29. The van der Waals surface area contributed by atoms with Gasteiger partial charge in [0.1, 0.15) is 6.04 Å². The van der Waals surface area contributed by atoms with E-state index >= 15 is 0 Å². The first kappa shape index (κ1) is 21.6. The van der Waals surface area contributed by atoms with E-state index in [1.165, 1.54) is 11.0 Å². The van der Waals surface area contributed by atoms with Crippen molar-refractivity contribution >= 4 is 33.4 Å². The zero-order valence-corrected chi connectivity index (χ0v) is 17.3. The van der Waals surface area contributed by atoms with Crippen molar-refractivity contribution in [3.63, 3.8) is 0 Å². The number of nitro groups is 1. The van der Waals surface area contributed by atoms with Gasteiger partial charge in [-0.2, -0.15) is 0 Å². The van der Waals surface area contributed by atoms with Gasteiger partial charge in [-0.05, 0) is 31.5 Å². The van der Waals surface area contributed by atoms with E-state index in [4.69, 9.17) is 0 Å². The van der Waals surface area contributed by atoms with Crippen molar-refractivity contribution in [2.45, 2.75) is 32.9 Å². The lowest BCUT2D eigenvalue weighted by Gasteiger charge is -2.29. The van der Waals surface area contributed by atoms with E-state index in [1.54, 1.807) is 32.0 Å². The molecule has 0 aliphatic heterocycles. The van der Waals surface area contributed by atoms with E-state index in [9.17, 15) is 19.7 Å². The van der Waals surface area contributed by atoms with Crippen molar-refractivity contribution in [3.8, 4) is 0 Å². The van der Waals surface area contributed by atoms with Gasteiger partial charge in [0.2, 0.25) is 11.8 Å². The van der Waals surface area contributed by atoms with E-state index < -0.39 is 11.0 Å². The molecule has 8 heteroatoms. The van der Waals surface area contributed by atoms with Gasteiger partial charge in [0.25, 0.3) is 5.69 Å². The first-order valence-electron chi connectivity index (χ1n) is 8.87. The Bertz CT molecular complexity index is 872. The zero-order chi connectivity index (χ0) is 20.7. The molecule has 0 unspecified atom stereocenters.